The zero-order valence-electron chi connectivity index (χ0n) is 11.1. The number of nitrogens with two attached hydrogens (primary N) is 1. The van der Waals surface area contributed by atoms with Gasteiger partial charge in [0.2, 0.25) is 0 Å². The van der Waals surface area contributed by atoms with E-state index >= 15 is 0 Å². The van der Waals surface area contributed by atoms with Gasteiger partial charge in [-0.15, -0.1) is 0 Å². The van der Waals surface area contributed by atoms with E-state index in [0.717, 1.165) is 44.8 Å². The van der Waals surface area contributed by atoms with Crippen LogP contribution in [0.3, 0.4) is 0 Å². The fraction of sp³-hybridized carbons (Fsp3) is 0.571. The zero-order valence-corrected chi connectivity index (χ0v) is 11.1. The second-order valence-corrected chi connectivity index (χ2v) is 4.69. The largest absolute Gasteiger partial charge is 0.378 e. The van der Waals surface area contributed by atoms with Gasteiger partial charge in [-0.1, -0.05) is 0 Å². The highest BCUT2D eigenvalue weighted by molar-refractivity contribution is 5.53. The lowest BCUT2D eigenvalue weighted by atomic mass is 10.1. The van der Waals surface area contributed by atoms with Gasteiger partial charge in [-0.2, -0.15) is 5.26 Å². The molecule has 0 radical (unpaired) electrons. The molecule has 102 valence electrons. The van der Waals surface area contributed by atoms with Crippen molar-refractivity contribution in [3.8, 4) is 6.07 Å². The third-order valence-corrected chi connectivity index (χ3v) is 3.35. The predicted octanol–water partition coefficient (Wildman–Crippen LogP) is 1.29. The van der Waals surface area contributed by atoms with E-state index in [-0.39, 0.29) is 0 Å². The fourth-order valence-electron chi connectivity index (χ4n) is 2.30. The van der Waals surface area contributed by atoms with E-state index in [1.54, 1.807) is 12.3 Å². The van der Waals surface area contributed by atoms with E-state index in [9.17, 15) is 0 Å². The van der Waals surface area contributed by atoms with Crippen molar-refractivity contribution in [2.24, 2.45) is 5.73 Å². The molecule has 2 rings (SSSR count). The highest BCUT2D eigenvalue weighted by atomic mass is 16.5. The van der Waals surface area contributed by atoms with Gasteiger partial charge in [0.25, 0.3) is 0 Å². The molecular weight excluding hydrogens is 240 g/mol. The van der Waals surface area contributed by atoms with Gasteiger partial charge in [-0.25, -0.2) is 4.98 Å². The number of hydrogen-bond acceptors (Lipinski definition) is 5. The molecule has 1 aromatic rings. The van der Waals surface area contributed by atoms with Crippen molar-refractivity contribution in [1.29, 1.82) is 5.26 Å². The third kappa shape index (κ3) is 3.66. The van der Waals surface area contributed by atoms with Crippen LogP contribution in [0.2, 0.25) is 0 Å². The number of nitriles is 1. The maximum atomic E-state index is 9.09. The topological polar surface area (TPSA) is 75.2 Å². The second kappa shape index (κ2) is 7.07. The molecule has 1 aliphatic rings. The molecule has 1 saturated heterocycles. The predicted molar refractivity (Wildman–Crippen MR) is 73.8 cm³/mol. The van der Waals surface area contributed by atoms with Crippen LogP contribution < -0.4 is 10.6 Å². The quantitative estimate of drug-likeness (QED) is 0.807. The average molecular weight is 260 g/mol. The van der Waals surface area contributed by atoms with Crippen LogP contribution in [-0.4, -0.2) is 37.3 Å². The van der Waals surface area contributed by atoms with Crippen LogP contribution in [0.1, 0.15) is 24.8 Å². The van der Waals surface area contributed by atoms with E-state index in [2.05, 4.69) is 16.0 Å². The summed E-state index contributed by atoms with van der Waals surface area (Å²) in [7, 11) is 0. The summed E-state index contributed by atoms with van der Waals surface area (Å²) in [6.45, 7) is 3.20. The smallest absolute Gasteiger partial charge is 0.146 e. The molecule has 1 fully saturated rings. The summed E-state index contributed by atoms with van der Waals surface area (Å²) in [5.74, 6) is 0.797. The number of pyridine rings is 1. The lowest BCUT2D eigenvalue weighted by Crippen LogP contribution is -2.38. The number of aromatic nitrogens is 1. The van der Waals surface area contributed by atoms with Crippen molar-refractivity contribution >= 4 is 5.82 Å². The van der Waals surface area contributed by atoms with Crippen LogP contribution in [0.25, 0.3) is 0 Å². The molecule has 5 heteroatoms. The monoisotopic (exact) mass is 260 g/mol. The molecule has 0 unspecified atom stereocenters. The number of anilines is 1. The van der Waals surface area contributed by atoms with E-state index in [1.165, 1.54) is 0 Å². The first-order valence-electron chi connectivity index (χ1n) is 6.77. The first kappa shape index (κ1) is 13.8. The van der Waals surface area contributed by atoms with Crippen LogP contribution >= 0.6 is 0 Å². The van der Waals surface area contributed by atoms with Crippen LogP contribution in [0.15, 0.2) is 18.3 Å². The summed E-state index contributed by atoms with van der Waals surface area (Å²) in [6.07, 6.45) is 4.92. The van der Waals surface area contributed by atoms with Crippen molar-refractivity contribution in [2.45, 2.75) is 25.4 Å². The van der Waals surface area contributed by atoms with Crippen LogP contribution in [0.5, 0.6) is 0 Å². The Morgan fingerprint density at radius 1 is 1.47 bits per heavy atom. The molecule has 2 heterocycles. The Morgan fingerprint density at radius 2 is 2.26 bits per heavy atom. The number of piperidine rings is 1. The minimum absolute atomic E-state index is 0.317. The Bertz CT molecular complexity index is 435. The molecule has 0 aliphatic carbocycles. The molecule has 19 heavy (non-hydrogen) atoms. The summed E-state index contributed by atoms with van der Waals surface area (Å²) in [5.41, 5.74) is 6.09. The van der Waals surface area contributed by atoms with Gasteiger partial charge in [-0.05, 0) is 37.9 Å². The highest BCUT2D eigenvalue weighted by Gasteiger charge is 2.21. The van der Waals surface area contributed by atoms with Crippen molar-refractivity contribution in [2.75, 3.05) is 31.1 Å². The first-order chi connectivity index (χ1) is 9.35. The fourth-order valence-corrected chi connectivity index (χ4v) is 2.30. The third-order valence-electron chi connectivity index (χ3n) is 3.35. The average Bonchev–Trinajstić information content (AvgIpc) is 2.48. The van der Waals surface area contributed by atoms with Crippen LogP contribution in [0.4, 0.5) is 5.82 Å². The van der Waals surface area contributed by atoms with E-state index in [0.29, 0.717) is 18.2 Å². The SMILES string of the molecule is N#Cc1cccnc1N1CCC(OCCCN)CC1. The number of nitrogens with zero attached hydrogens (tertiary/aromatic N) is 3. The summed E-state index contributed by atoms with van der Waals surface area (Å²) in [4.78, 5) is 6.49. The zero-order chi connectivity index (χ0) is 13.5. The van der Waals surface area contributed by atoms with E-state index in [4.69, 9.17) is 15.7 Å². The Balaban J connectivity index is 1.88. The lowest BCUT2D eigenvalue weighted by molar-refractivity contribution is 0.0365. The maximum Gasteiger partial charge on any atom is 0.146 e. The molecule has 0 aromatic carbocycles. The molecule has 5 nitrogen and oxygen atoms in total. The number of hydrogen-bond donors (Lipinski definition) is 1. The highest BCUT2D eigenvalue weighted by Crippen LogP contribution is 2.22. The van der Waals surface area contributed by atoms with Crippen molar-refractivity contribution in [3.05, 3.63) is 23.9 Å². The molecule has 1 aromatic heterocycles. The van der Waals surface area contributed by atoms with Gasteiger partial charge < -0.3 is 15.4 Å². The minimum Gasteiger partial charge on any atom is -0.378 e. The Morgan fingerprint density at radius 3 is 2.95 bits per heavy atom. The van der Waals surface area contributed by atoms with Gasteiger partial charge >= 0.3 is 0 Å². The molecule has 0 bridgehead atoms. The number of ether oxygens (including phenoxy) is 1. The van der Waals surface area contributed by atoms with Crippen molar-refractivity contribution < 1.29 is 4.74 Å². The van der Waals surface area contributed by atoms with Gasteiger partial charge in [0.05, 0.1) is 11.7 Å². The minimum atomic E-state index is 0.317. The molecule has 0 atom stereocenters. The normalized spacial score (nSPS) is 16.3. The molecule has 0 spiro atoms. The Kier molecular flexibility index (Phi) is 5.13. The molecular formula is C14H20N4O. The van der Waals surface area contributed by atoms with Crippen LogP contribution in [-0.2, 0) is 4.74 Å². The van der Waals surface area contributed by atoms with E-state index < -0.39 is 0 Å². The van der Waals surface area contributed by atoms with Crippen molar-refractivity contribution in [1.82, 2.24) is 4.98 Å². The molecule has 0 saturated carbocycles. The van der Waals surface area contributed by atoms with Gasteiger partial charge in [0.1, 0.15) is 11.9 Å². The van der Waals surface area contributed by atoms with Crippen LogP contribution in [0, 0.1) is 11.3 Å². The van der Waals surface area contributed by atoms with Gasteiger partial charge in [0.15, 0.2) is 0 Å². The van der Waals surface area contributed by atoms with E-state index in [1.807, 2.05) is 6.07 Å². The summed E-state index contributed by atoms with van der Waals surface area (Å²) >= 11 is 0. The van der Waals surface area contributed by atoms with Gasteiger partial charge in [-0.3, -0.25) is 0 Å². The molecule has 1 aliphatic heterocycles. The summed E-state index contributed by atoms with van der Waals surface area (Å²) in [6, 6.07) is 5.80. The van der Waals surface area contributed by atoms with Gasteiger partial charge in [0, 0.05) is 25.9 Å². The number of rotatable bonds is 5. The molecule has 2 N–H and O–H groups in total. The summed E-state index contributed by atoms with van der Waals surface area (Å²) < 4.78 is 5.77. The second-order valence-electron chi connectivity index (χ2n) is 4.69. The Labute approximate surface area is 114 Å². The Hall–Kier alpha value is -1.64. The lowest BCUT2D eigenvalue weighted by Gasteiger charge is -2.33. The molecule has 0 amide bonds. The van der Waals surface area contributed by atoms with Crippen molar-refractivity contribution in [3.63, 3.8) is 0 Å². The summed E-state index contributed by atoms with van der Waals surface area (Å²) in [5, 5.41) is 9.09. The first-order valence-corrected chi connectivity index (χ1v) is 6.77. The standard InChI is InChI=1S/C14H20N4O/c15-6-2-10-19-13-4-8-18(9-5-13)14-12(11-16)3-1-7-17-14/h1,3,7,13H,2,4-6,8-10,15H2. The maximum absolute atomic E-state index is 9.09.